The molecule has 0 radical (unpaired) electrons. The second-order valence-electron chi connectivity index (χ2n) is 7.42. The summed E-state index contributed by atoms with van der Waals surface area (Å²) < 4.78 is 16.4. The maximum absolute atomic E-state index is 12.3. The zero-order valence-corrected chi connectivity index (χ0v) is 15.2. The number of pyridine rings is 1. The number of aromatic nitrogens is 1. The van der Waals surface area contributed by atoms with Crippen LogP contribution in [0.2, 0.25) is 0 Å². The zero-order chi connectivity index (χ0) is 18.3. The highest BCUT2D eigenvalue weighted by Crippen LogP contribution is 2.47. The topological polar surface area (TPSA) is 81.1 Å². The van der Waals surface area contributed by atoms with E-state index in [0.717, 1.165) is 18.8 Å². The van der Waals surface area contributed by atoms with Gasteiger partial charge in [-0.1, -0.05) is 6.07 Å². The molecule has 4 rings (SSSR count). The van der Waals surface area contributed by atoms with Crippen LogP contribution in [0, 0.1) is 17.8 Å². The van der Waals surface area contributed by atoms with Crippen LogP contribution < -0.4 is 4.74 Å². The van der Waals surface area contributed by atoms with E-state index >= 15 is 0 Å². The second-order valence-corrected chi connectivity index (χ2v) is 7.42. The monoisotopic (exact) mass is 362 g/mol. The van der Waals surface area contributed by atoms with Crippen LogP contribution in [0.1, 0.15) is 19.0 Å². The van der Waals surface area contributed by atoms with E-state index in [0.29, 0.717) is 25.5 Å². The van der Waals surface area contributed by atoms with Crippen molar-refractivity contribution in [3.8, 4) is 5.88 Å². The van der Waals surface area contributed by atoms with E-state index in [1.165, 1.54) is 0 Å². The molecule has 2 bridgehead atoms. The average Bonchev–Trinajstić information content (AvgIpc) is 3.24. The molecule has 4 heterocycles. The highest BCUT2D eigenvalue weighted by molar-refractivity contribution is 5.73. The van der Waals surface area contributed by atoms with Crippen LogP contribution in [0.4, 0.5) is 0 Å². The Morgan fingerprint density at radius 2 is 2.19 bits per heavy atom. The van der Waals surface area contributed by atoms with Crippen molar-refractivity contribution in [3.63, 3.8) is 0 Å². The normalized spacial score (nSPS) is 36.0. The number of aliphatic hydroxyl groups excluding tert-OH is 1. The Bertz CT molecular complexity index is 669. The number of ether oxygens (including phenoxy) is 3. The molecule has 26 heavy (non-hydrogen) atoms. The minimum Gasteiger partial charge on any atom is -0.481 e. The minimum absolute atomic E-state index is 0.129. The molecule has 142 valence electrons. The molecule has 3 fully saturated rings. The van der Waals surface area contributed by atoms with Crippen molar-refractivity contribution < 1.29 is 24.1 Å². The molecule has 7 nitrogen and oxygen atoms in total. The molecule has 1 N–H and O–H groups in total. The first kappa shape index (κ1) is 17.7. The summed E-state index contributed by atoms with van der Waals surface area (Å²) in [5.74, 6) is 0.414. The molecule has 0 amide bonds. The van der Waals surface area contributed by atoms with E-state index in [1.54, 1.807) is 7.11 Å². The highest BCUT2D eigenvalue weighted by Gasteiger charge is 2.58. The summed E-state index contributed by atoms with van der Waals surface area (Å²) in [6.45, 7) is 4.45. The van der Waals surface area contributed by atoms with Gasteiger partial charge in [-0.25, -0.2) is 4.98 Å². The number of hydrogen-bond donors (Lipinski definition) is 1. The Morgan fingerprint density at radius 3 is 2.96 bits per heavy atom. The molecular weight excluding hydrogens is 336 g/mol. The van der Waals surface area contributed by atoms with Gasteiger partial charge in [0.25, 0.3) is 0 Å². The van der Waals surface area contributed by atoms with E-state index in [2.05, 4.69) is 9.88 Å². The molecule has 1 aromatic rings. The quantitative estimate of drug-likeness (QED) is 0.778. The van der Waals surface area contributed by atoms with Crippen molar-refractivity contribution >= 4 is 5.97 Å². The standard InChI is InChI=1S/C19H26N2O5/c1-3-25-19(23)12-7-15-17(22)13-9-21(10-14(13)18(12)26-15)8-11-5-4-6-16(20-11)24-2/h4-6,12-15,17-18,22H,3,7-10H2,1-2H3/t12-,13+,14-,15-,17-,18+/m0/s1. The fourth-order valence-corrected chi connectivity index (χ4v) is 4.78. The van der Waals surface area contributed by atoms with Gasteiger partial charge in [0, 0.05) is 37.5 Å². The molecule has 6 atom stereocenters. The van der Waals surface area contributed by atoms with Gasteiger partial charge in [0.2, 0.25) is 5.88 Å². The average molecular weight is 362 g/mol. The number of likely N-dealkylation sites (tertiary alicyclic amines) is 1. The maximum Gasteiger partial charge on any atom is 0.311 e. The van der Waals surface area contributed by atoms with Gasteiger partial charge >= 0.3 is 5.97 Å². The third-order valence-corrected chi connectivity index (χ3v) is 5.91. The molecule has 3 aliphatic rings. The number of rotatable bonds is 5. The number of carbonyl (C=O) groups is 1. The van der Waals surface area contributed by atoms with E-state index in [4.69, 9.17) is 14.2 Å². The first-order valence-electron chi connectivity index (χ1n) is 9.33. The van der Waals surface area contributed by atoms with Gasteiger partial charge in [0.05, 0.1) is 43.6 Å². The molecular formula is C19H26N2O5. The molecule has 0 spiro atoms. The van der Waals surface area contributed by atoms with Crippen molar-refractivity contribution in [2.75, 3.05) is 26.8 Å². The van der Waals surface area contributed by atoms with E-state index in [1.807, 2.05) is 25.1 Å². The SMILES string of the molecule is CCOC(=O)[C@H]1C[C@@H]2O[C@H]1[C@H]1CN(Cc3cccc(OC)n3)C[C@H]1[C@@H]2O. The van der Waals surface area contributed by atoms with Gasteiger partial charge in [-0.3, -0.25) is 9.69 Å². The Morgan fingerprint density at radius 1 is 1.38 bits per heavy atom. The summed E-state index contributed by atoms with van der Waals surface area (Å²) in [5.41, 5.74) is 0.936. The summed E-state index contributed by atoms with van der Waals surface area (Å²) >= 11 is 0. The lowest BCUT2D eigenvalue weighted by atomic mass is 9.83. The first-order valence-corrected chi connectivity index (χ1v) is 9.33. The van der Waals surface area contributed by atoms with E-state index in [-0.39, 0.29) is 35.9 Å². The second kappa shape index (κ2) is 7.13. The fraction of sp³-hybridized carbons (Fsp3) is 0.684. The third kappa shape index (κ3) is 3.08. The Labute approximate surface area is 153 Å². The number of aliphatic hydroxyl groups is 1. The minimum atomic E-state index is -0.529. The Balaban J connectivity index is 1.47. The summed E-state index contributed by atoms with van der Waals surface area (Å²) in [6, 6.07) is 5.74. The summed E-state index contributed by atoms with van der Waals surface area (Å²) in [6.07, 6.45) is -0.380. The maximum atomic E-state index is 12.3. The number of fused-ring (bicyclic) bond motifs is 4. The van der Waals surface area contributed by atoms with Gasteiger partial charge in [-0.2, -0.15) is 0 Å². The lowest BCUT2D eigenvalue weighted by Crippen LogP contribution is -2.46. The van der Waals surface area contributed by atoms with Gasteiger partial charge < -0.3 is 19.3 Å². The number of hydrogen-bond acceptors (Lipinski definition) is 7. The molecule has 7 heteroatoms. The summed E-state index contributed by atoms with van der Waals surface area (Å²) in [7, 11) is 1.61. The molecule has 0 saturated carbocycles. The van der Waals surface area contributed by atoms with E-state index < -0.39 is 6.10 Å². The molecule has 3 saturated heterocycles. The Kier molecular flexibility index (Phi) is 4.86. The predicted octanol–water partition coefficient (Wildman–Crippen LogP) is 0.849. The number of esters is 1. The van der Waals surface area contributed by atoms with E-state index in [9.17, 15) is 9.90 Å². The zero-order valence-electron chi connectivity index (χ0n) is 15.2. The molecule has 0 unspecified atom stereocenters. The van der Waals surface area contributed by atoms with Crippen molar-refractivity contribution in [1.29, 1.82) is 0 Å². The summed E-state index contributed by atoms with van der Waals surface area (Å²) in [4.78, 5) is 19.1. The van der Waals surface area contributed by atoms with Crippen molar-refractivity contribution in [3.05, 3.63) is 23.9 Å². The lowest BCUT2D eigenvalue weighted by Gasteiger charge is -2.36. The lowest BCUT2D eigenvalue weighted by molar-refractivity contribution is -0.157. The van der Waals surface area contributed by atoms with Gasteiger partial charge in [0.15, 0.2) is 0 Å². The van der Waals surface area contributed by atoms with Crippen LogP contribution in [0.15, 0.2) is 18.2 Å². The molecule has 1 aromatic heterocycles. The van der Waals surface area contributed by atoms with Gasteiger partial charge in [-0.05, 0) is 19.4 Å². The van der Waals surface area contributed by atoms with Gasteiger partial charge in [0.1, 0.15) is 0 Å². The number of carbonyl (C=O) groups excluding carboxylic acids is 1. The predicted molar refractivity (Wildman–Crippen MR) is 92.5 cm³/mol. The van der Waals surface area contributed by atoms with Crippen LogP contribution in [0.25, 0.3) is 0 Å². The van der Waals surface area contributed by atoms with Crippen LogP contribution in [-0.2, 0) is 20.8 Å². The van der Waals surface area contributed by atoms with Crippen molar-refractivity contribution in [1.82, 2.24) is 9.88 Å². The largest absolute Gasteiger partial charge is 0.481 e. The highest BCUT2D eigenvalue weighted by atomic mass is 16.5. The van der Waals surface area contributed by atoms with Crippen molar-refractivity contribution in [2.45, 2.75) is 38.2 Å². The summed E-state index contributed by atoms with van der Waals surface area (Å²) in [5, 5.41) is 10.7. The third-order valence-electron chi connectivity index (χ3n) is 5.91. The molecule has 0 aromatic carbocycles. The number of nitrogens with zero attached hydrogens (tertiary/aromatic N) is 2. The molecule has 0 aliphatic carbocycles. The number of methoxy groups -OCH3 is 1. The Hall–Kier alpha value is -1.70. The van der Waals surface area contributed by atoms with Crippen LogP contribution in [-0.4, -0.2) is 66.1 Å². The van der Waals surface area contributed by atoms with Crippen LogP contribution in [0.3, 0.4) is 0 Å². The van der Waals surface area contributed by atoms with Crippen molar-refractivity contribution in [2.24, 2.45) is 17.8 Å². The fourth-order valence-electron chi connectivity index (χ4n) is 4.78. The van der Waals surface area contributed by atoms with Crippen LogP contribution >= 0.6 is 0 Å². The van der Waals surface area contributed by atoms with Gasteiger partial charge in [-0.15, -0.1) is 0 Å². The smallest absolute Gasteiger partial charge is 0.311 e. The van der Waals surface area contributed by atoms with Crippen LogP contribution in [0.5, 0.6) is 5.88 Å². The molecule has 3 aliphatic heterocycles. The first-order chi connectivity index (χ1) is 12.6.